The third-order valence-electron chi connectivity index (χ3n) is 3.71. The number of para-hydroxylation sites is 1. The molecule has 4 rings (SSSR count). The first-order valence-corrected chi connectivity index (χ1v) is 7.70. The number of fused-ring (bicyclic) bond motifs is 1. The minimum Gasteiger partial charge on any atom is -0.493 e. The Balaban J connectivity index is 1.67. The van der Waals surface area contributed by atoms with Crippen molar-refractivity contribution in [3.63, 3.8) is 0 Å². The summed E-state index contributed by atoms with van der Waals surface area (Å²) in [6.07, 6.45) is 0.912. The molecule has 2 aromatic rings. The molecule has 0 spiro atoms. The highest BCUT2D eigenvalue weighted by molar-refractivity contribution is 8.00. The summed E-state index contributed by atoms with van der Waals surface area (Å²) in [4.78, 5) is 4.61. The normalized spacial score (nSPS) is 22.4. The SMILES string of the molecule is c1ccc2c(c1)OCCC2c1noc(C2CSC2)n1. The molecule has 4 nitrogen and oxygen atoms in total. The number of hydrogen-bond acceptors (Lipinski definition) is 5. The molecule has 5 heteroatoms. The van der Waals surface area contributed by atoms with Gasteiger partial charge in [0, 0.05) is 17.1 Å². The van der Waals surface area contributed by atoms with Crippen molar-refractivity contribution in [1.29, 1.82) is 0 Å². The Morgan fingerprint density at radius 3 is 2.95 bits per heavy atom. The van der Waals surface area contributed by atoms with Crippen LogP contribution in [-0.2, 0) is 0 Å². The standard InChI is InChI=1S/C14H14N2O2S/c1-2-4-12-10(3-1)11(5-6-17-12)13-15-14(18-16-13)9-7-19-8-9/h1-4,9,11H,5-8H2. The zero-order chi connectivity index (χ0) is 12.7. The van der Waals surface area contributed by atoms with Gasteiger partial charge in [0.15, 0.2) is 5.82 Å². The maximum Gasteiger partial charge on any atom is 0.231 e. The van der Waals surface area contributed by atoms with Crippen molar-refractivity contribution in [3.8, 4) is 5.75 Å². The molecule has 1 unspecified atom stereocenters. The second-order valence-electron chi connectivity index (χ2n) is 4.95. The molecule has 0 saturated carbocycles. The summed E-state index contributed by atoms with van der Waals surface area (Å²) in [6.45, 7) is 0.713. The van der Waals surface area contributed by atoms with Gasteiger partial charge in [-0.3, -0.25) is 0 Å². The summed E-state index contributed by atoms with van der Waals surface area (Å²) in [5, 5.41) is 4.19. The number of ether oxygens (including phenoxy) is 1. The van der Waals surface area contributed by atoms with E-state index < -0.39 is 0 Å². The van der Waals surface area contributed by atoms with E-state index in [0.29, 0.717) is 12.5 Å². The van der Waals surface area contributed by atoms with Crippen LogP contribution in [0.25, 0.3) is 0 Å². The van der Waals surface area contributed by atoms with Gasteiger partial charge >= 0.3 is 0 Å². The predicted octanol–water partition coefficient (Wildman–Crippen LogP) is 2.81. The summed E-state index contributed by atoms with van der Waals surface area (Å²) < 4.78 is 11.1. The molecule has 0 aliphatic carbocycles. The van der Waals surface area contributed by atoms with Gasteiger partial charge in [-0.15, -0.1) is 0 Å². The van der Waals surface area contributed by atoms with Crippen molar-refractivity contribution >= 4 is 11.8 Å². The van der Waals surface area contributed by atoms with Gasteiger partial charge in [-0.05, 0) is 12.5 Å². The number of aromatic nitrogens is 2. The molecule has 19 heavy (non-hydrogen) atoms. The molecule has 0 radical (unpaired) electrons. The Morgan fingerprint density at radius 2 is 2.11 bits per heavy atom. The van der Waals surface area contributed by atoms with E-state index in [4.69, 9.17) is 9.26 Å². The average molecular weight is 274 g/mol. The van der Waals surface area contributed by atoms with Crippen LogP contribution in [0, 0.1) is 0 Å². The predicted molar refractivity (Wildman–Crippen MR) is 72.8 cm³/mol. The average Bonchev–Trinajstić information content (AvgIpc) is 2.85. The van der Waals surface area contributed by atoms with Crippen LogP contribution in [0.2, 0.25) is 0 Å². The maximum absolute atomic E-state index is 5.67. The van der Waals surface area contributed by atoms with Crippen LogP contribution in [0.15, 0.2) is 28.8 Å². The van der Waals surface area contributed by atoms with Crippen LogP contribution in [0.1, 0.15) is 35.5 Å². The second kappa shape index (κ2) is 4.56. The fourth-order valence-electron chi connectivity index (χ4n) is 2.54. The summed E-state index contributed by atoms with van der Waals surface area (Å²) in [5.74, 6) is 5.43. The summed E-state index contributed by atoms with van der Waals surface area (Å²) in [6, 6.07) is 8.12. The van der Waals surface area contributed by atoms with Crippen molar-refractivity contribution in [3.05, 3.63) is 41.5 Å². The molecule has 98 valence electrons. The Bertz CT molecular complexity index is 595. The summed E-state index contributed by atoms with van der Waals surface area (Å²) in [7, 11) is 0. The van der Waals surface area contributed by atoms with Gasteiger partial charge in [0.05, 0.1) is 18.4 Å². The molecular weight excluding hydrogens is 260 g/mol. The monoisotopic (exact) mass is 274 g/mol. The van der Waals surface area contributed by atoms with Gasteiger partial charge in [0.25, 0.3) is 0 Å². The quantitative estimate of drug-likeness (QED) is 0.842. The molecule has 0 amide bonds. The molecule has 1 atom stereocenters. The lowest BCUT2D eigenvalue weighted by atomic mass is 9.92. The van der Waals surface area contributed by atoms with E-state index in [-0.39, 0.29) is 5.92 Å². The van der Waals surface area contributed by atoms with E-state index in [1.54, 1.807) is 0 Å². The third kappa shape index (κ3) is 1.92. The van der Waals surface area contributed by atoms with Gasteiger partial charge in [0.1, 0.15) is 5.75 Å². The molecular formula is C14H14N2O2S. The smallest absolute Gasteiger partial charge is 0.231 e. The zero-order valence-electron chi connectivity index (χ0n) is 10.4. The number of rotatable bonds is 2. The largest absolute Gasteiger partial charge is 0.493 e. The van der Waals surface area contributed by atoms with Crippen molar-refractivity contribution in [2.45, 2.75) is 18.3 Å². The van der Waals surface area contributed by atoms with E-state index in [1.807, 2.05) is 30.0 Å². The molecule has 2 aliphatic rings. The topological polar surface area (TPSA) is 48.2 Å². The Morgan fingerprint density at radius 1 is 1.21 bits per heavy atom. The number of nitrogens with zero attached hydrogens (tertiary/aromatic N) is 2. The molecule has 1 aromatic heterocycles. The van der Waals surface area contributed by atoms with Crippen LogP contribution in [0.4, 0.5) is 0 Å². The Kier molecular flexibility index (Phi) is 2.72. The maximum atomic E-state index is 5.67. The van der Waals surface area contributed by atoms with Crippen molar-refractivity contribution in [1.82, 2.24) is 10.1 Å². The van der Waals surface area contributed by atoms with Gasteiger partial charge in [0.2, 0.25) is 5.89 Å². The molecule has 1 fully saturated rings. The first kappa shape index (κ1) is 11.3. The highest BCUT2D eigenvalue weighted by atomic mass is 32.2. The third-order valence-corrected chi connectivity index (χ3v) is 4.99. The fourth-order valence-corrected chi connectivity index (χ4v) is 3.30. The van der Waals surface area contributed by atoms with Gasteiger partial charge in [-0.25, -0.2) is 0 Å². The molecule has 1 aromatic carbocycles. The first-order valence-electron chi connectivity index (χ1n) is 6.55. The van der Waals surface area contributed by atoms with Crippen molar-refractivity contribution < 1.29 is 9.26 Å². The zero-order valence-corrected chi connectivity index (χ0v) is 11.2. The lowest BCUT2D eigenvalue weighted by Gasteiger charge is -2.23. The number of benzene rings is 1. The van der Waals surface area contributed by atoms with Crippen LogP contribution >= 0.6 is 11.8 Å². The Labute approximate surface area is 115 Å². The highest BCUT2D eigenvalue weighted by Gasteiger charge is 2.30. The van der Waals surface area contributed by atoms with Crippen LogP contribution in [-0.4, -0.2) is 28.3 Å². The fraction of sp³-hybridized carbons (Fsp3) is 0.429. The second-order valence-corrected chi connectivity index (χ2v) is 6.03. The highest BCUT2D eigenvalue weighted by Crippen LogP contribution is 2.38. The van der Waals surface area contributed by atoms with Crippen molar-refractivity contribution in [2.24, 2.45) is 0 Å². The van der Waals surface area contributed by atoms with E-state index in [0.717, 1.165) is 35.4 Å². The van der Waals surface area contributed by atoms with E-state index in [9.17, 15) is 0 Å². The minimum absolute atomic E-state index is 0.204. The van der Waals surface area contributed by atoms with Gasteiger partial charge in [-0.2, -0.15) is 16.7 Å². The number of thioether (sulfide) groups is 1. The van der Waals surface area contributed by atoms with Crippen LogP contribution < -0.4 is 4.74 Å². The van der Waals surface area contributed by atoms with Crippen LogP contribution in [0.3, 0.4) is 0 Å². The van der Waals surface area contributed by atoms with Crippen LogP contribution in [0.5, 0.6) is 5.75 Å². The molecule has 0 bridgehead atoms. The summed E-state index contributed by atoms with van der Waals surface area (Å²) in [5.41, 5.74) is 1.17. The molecule has 1 saturated heterocycles. The van der Waals surface area contributed by atoms with E-state index >= 15 is 0 Å². The van der Waals surface area contributed by atoms with E-state index in [1.165, 1.54) is 5.56 Å². The Hall–Kier alpha value is -1.49. The lowest BCUT2D eigenvalue weighted by molar-refractivity contribution is 0.272. The summed E-state index contributed by atoms with van der Waals surface area (Å²) >= 11 is 1.93. The number of hydrogen-bond donors (Lipinski definition) is 0. The van der Waals surface area contributed by atoms with E-state index in [2.05, 4.69) is 16.2 Å². The molecule has 3 heterocycles. The van der Waals surface area contributed by atoms with Gasteiger partial charge in [-0.1, -0.05) is 23.4 Å². The molecule has 2 aliphatic heterocycles. The molecule has 0 N–H and O–H groups in total. The lowest BCUT2D eigenvalue weighted by Crippen LogP contribution is -2.17. The first-order chi connectivity index (χ1) is 9.42. The van der Waals surface area contributed by atoms with Crippen molar-refractivity contribution in [2.75, 3.05) is 18.1 Å². The van der Waals surface area contributed by atoms with Gasteiger partial charge < -0.3 is 9.26 Å². The minimum atomic E-state index is 0.204.